The predicted molar refractivity (Wildman–Crippen MR) is 73.4 cm³/mol. The molecule has 0 atom stereocenters. The van der Waals surface area contributed by atoms with Crippen LogP contribution in [-0.2, 0) is 4.79 Å². The molecule has 1 aromatic carbocycles. The maximum absolute atomic E-state index is 13.8. The number of aryl methyl sites for hydroxylation is 1. The second kappa shape index (κ2) is 6.78. The summed E-state index contributed by atoms with van der Waals surface area (Å²) in [5.41, 5.74) is -0.856. The standard InChI is InChI=1S/C13H16FN3O4/c1-7(2)16-11(18)6-15-13(19)10-5-9(17(20)21)4-8(3)12(10)14/h4-5,7H,6H2,1-3H3,(H,15,19)(H,16,18). The Bertz CT molecular complexity index is 587. The van der Waals surface area contributed by atoms with E-state index in [0.29, 0.717) is 0 Å². The van der Waals surface area contributed by atoms with Crippen LogP contribution in [0.2, 0.25) is 0 Å². The summed E-state index contributed by atoms with van der Waals surface area (Å²) in [5, 5.41) is 15.5. The van der Waals surface area contributed by atoms with Gasteiger partial charge in [-0.15, -0.1) is 0 Å². The number of nitro groups is 1. The summed E-state index contributed by atoms with van der Waals surface area (Å²) in [7, 11) is 0. The van der Waals surface area contributed by atoms with Crippen molar-refractivity contribution < 1.29 is 18.9 Å². The Morgan fingerprint density at radius 3 is 2.52 bits per heavy atom. The summed E-state index contributed by atoms with van der Waals surface area (Å²) in [5.74, 6) is -2.15. The summed E-state index contributed by atoms with van der Waals surface area (Å²) < 4.78 is 13.8. The van der Waals surface area contributed by atoms with Gasteiger partial charge < -0.3 is 10.6 Å². The summed E-state index contributed by atoms with van der Waals surface area (Å²) in [4.78, 5) is 33.2. The number of nitrogens with one attached hydrogen (secondary N) is 2. The van der Waals surface area contributed by atoms with Crippen molar-refractivity contribution in [2.45, 2.75) is 26.8 Å². The highest BCUT2D eigenvalue weighted by Crippen LogP contribution is 2.20. The van der Waals surface area contributed by atoms with Crippen LogP contribution in [0.1, 0.15) is 29.8 Å². The molecule has 0 saturated carbocycles. The molecule has 2 N–H and O–H groups in total. The van der Waals surface area contributed by atoms with Gasteiger partial charge in [0.2, 0.25) is 5.91 Å². The Kier molecular flexibility index (Phi) is 5.34. The first kappa shape index (κ1) is 16.5. The summed E-state index contributed by atoms with van der Waals surface area (Å²) >= 11 is 0. The topological polar surface area (TPSA) is 101 Å². The van der Waals surface area contributed by atoms with Crippen LogP contribution >= 0.6 is 0 Å². The van der Waals surface area contributed by atoms with Crippen molar-refractivity contribution in [3.8, 4) is 0 Å². The van der Waals surface area contributed by atoms with Crippen molar-refractivity contribution in [1.82, 2.24) is 10.6 Å². The summed E-state index contributed by atoms with van der Waals surface area (Å²) in [6.07, 6.45) is 0. The van der Waals surface area contributed by atoms with Crippen LogP contribution in [0.4, 0.5) is 10.1 Å². The molecule has 2 amide bonds. The zero-order valence-corrected chi connectivity index (χ0v) is 11.9. The lowest BCUT2D eigenvalue weighted by Crippen LogP contribution is -2.40. The lowest BCUT2D eigenvalue weighted by Gasteiger charge is -2.10. The van der Waals surface area contributed by atoms with Gasteiger partial charge >= 0.3 is 0 Å². The molecule has 21 heavy (non-hydrogen) atoms. The van der Waals surface area contributed by atoms with Crippen LogP contribution in [0.5, 0.6) is 0 Å². The van der Waals surface area contributed by atoms with Crippen LogP contribution in [0, 0.1) is 22.9 Å². The molecule has 0 aliphatic heterocycles. The number of nitrogens with zero attached hydrogens (tertiary/aromatic N) is 1. The maximum Gasteiger partial charge on any atom is 0.270 e. The Morgan fingerprint density at radius 2 is 2.00 bits per heavy atom. The van der Waals surface area contributed by atoms with Crippen LogP contribution in [0.15, 0.2) is 12.1 Å². The zero-order chi connectivity index (χ0) is 16.2. The third kappa shape index (κ3) is 4.51. The molecule has 0 saturated heterocycles. The van der Waals surface area contributed by atoms with E-state index < -0.39 is 28.1 Å². The van der Waals surface area contributed by atoms with Crippen molar-refractivity contribution in [2.24, 2.45) is 0 Å². The van der Waals surface area contributed by atoms with E-state index in [9.17, 15) is 24.1 Å². The smallest absolute Gasteiger partial charge is 0.270 e. The van der Waals surface area contributed by atoms with Crippen LogP contribution in [-0.4, -0.2) is 29.3 Å². The van der Waals surface area contributed by atoms with Crippen molar-refractivity contribution >= 4 is 17.5 Å². The van der Waals surface area contributed by atoms with Gasteiger partial charge in [0.15, 0.2) is 0 Å². The first-order chi connectivity index (χ1) is 9.72. The zero-order valence-electron chi connectivity index (χ0n) is 11.9. The molecule has 0 spiro atoms. The van der Waals surface area contributed by atoms with E-state index in [-0.39, 0.29) is 23.8 Å². The van der Waals surface area contributed by atoms with Gasteiger partial charge in [-0.2, -0.15) is 0 Å². The van der Waals surface area contributed by atoms with Gasteiger partial charge in [-0.05, 0) is 26.3 Å². The van der Waals surface area contributed by atoms with Crippen LogP contribution in [0.3, 0.4) is 0 Å². The Hall–Kier alpha value is -2.51. The highest BCUT2D eigenvalue weighted by molar-refractivity contribution is 5.97. The molecule has 0 heterocycles. The number of hydrogen-bond acceptors (Lipinski definition) is 4. The average Bonchev–Trinajstić information content (AvgIpc) is 2.37. The maximum atomic E-state index is 13.8. The van der Waals surface area contributed by atoms with Crippen molar-refractivity contribution in [3.63, 3.8) is 0 Å². The van der Waals surface area contributed by atoms with Crippen LogP contribution < -0.4 is 10.6 Å². The van der Waals surface area contributed by atoms with Gasteiger partial charge in [-0.3, -0.25) is 19.7 Å². The number of amides is 2. The van der Waals surface area contributed by atoms with E-state index in [4.69, 9.17) is 0 Å². The van der Waals surface area contributed by atoms with Gasteiger partial charge in [0.05, 0.1) is 17.0 Å². The van der Waals surface area contributed by atoms with E-state index in [2.05, 4.69) is 10.6 Å². The minimum atomic E-state index is -0.877. The third-order valence-corrected chi connectivity index (χ3v) is 2.55. The number of nitro benzene ring substituents is 1. The van der Waals surface area contributed by atoms with Gasteiger partial charge in [0, 0.05) is 18.2 Å². The highest BCUT2D eigenvalue weighted by Gasteiger charge is 2.20. The Balaban J connectivity index is 2.87. The fourth-order valence-electron chi connectivity index (χ4n) is 1.65. The largest absolute Gasteiger partial charge is 0.352 e. The fourth-order valence-corrected chi connectivity index (χ4v) is 1.65. The Morgan fingerprint density at radius 1 is 1.38 bits per heavy atom. The van der Waals surface area contributed by atoms with Crippen molar-refractivity contribution in [2.75, 3.05) is 6.54 Å². The van der Waals surface area contributed by atoms with Gasteiger partial charge in [-0.1, -0.05) is 0 Å². The molecular weight excluding hydrogens is 281 g/mol. The van der Waals surface area contributed by atoms with Crippen molar-refractivity contribution in [3.05, 3.63) is 39.2 Å². The molecule has 0 aromatic heterocycles. The van der Waals surface area contributed by atoms with E-state index >= 15 is 0 Å². The van der Waals surface area contributed by atoms with Crippen molar-refractivity contribution in [1.29, 1.82) is 0 Å². The fraction of sp³-hybridized carbons (Fsp3) is 0.385. The molecule has 0 aliphatic rings. The molecule has 7 nitrogen and oxygen atoms in total. The number of halogens is 1. The monoisotopic (exact) mass is 297 g/mol. The molecule has 114 valence electrons. The van der Waals surface area contributed by atoms with E-state index in [1.807, 2.05) is 0 Å². The van der Waals surface area contributed by atoms with Gasteiger partial charge in [-0.25, -0.2) is 4.39 Å². The van der Waals surface area contributed by atoms with Crippen LogP contribution in [0.25, 0.3) is 0 Å². The molecule has 1 aromatic rings. The average molecular weight is 297 g/mol. The second-order valence-corrected chi connectivity index (χ2v) is 4.79. The number of non-ortho nitro benzene ring substituents is 1. The molecule has 1 rings (SSSR count). The lowest BCUT2D eigenvalue weighted by molar-refractivity contribution is -0.385. The molecule has 0 bridgehead atoms. The number of hydrogen-bond donors (Lipinski definition) is 2. The quantitative estimate of drug-likeness (QED) is 0.631. The molecule has 8 heteroatoms. The number of benzene rings is 1. The minimum absolute atomic E-state index is 0.0130. The molecule has 0 unspecified atom stereocenters. The first-order valence-electron chi connectivity index (χ1n) is 6.24. The minimum Gasteiger partial charge on any atom is -0.352 e. The third-order valence-electron chi connectivity index (χ3n) is 2.55. The van der Waals surface area contributed by atoms with E-state index in [1.165, 1.54) is 6.92 Å². The summed E-state index contributed by atoms with van der Waals surface area (Å²) in [6.45, 7) is 4.50. The SMILES string of the molecule is Cc1cc([N+](=O)[O-])cc(C(=O)NCC(=O)NC(C)C)c1F. The normalized spacial score (nSPS) is 10.3. The van der Waals surface area contributed by atoms with E-state index in [1.54, 1.807) is 13.8 Å². The second-order valence-electron chi connectivity index (χ2n) is 4.79. The number of rotatable bonds is 5. The number of carbonyl (C=O) groups excluding carboxylic acids is 2. The summed E-state index contributed by atoms with van der Waals surface area (Å²) in [6, 6.07) is 1.79. The molecule has 0 fully saturated rings. The highest BCUT2D eigenvalue weighted by atomic mass is 19.1. The lowest BCUT2D eigenvalue weighted by atomic mass is 10.1. The number of carbonyl (C=O) groups is 2. The van der Waals surface area contributed by atoms with Gasteiger partial charge in [0.1, 0.15) is 5.82 Å². The molecule has 0 radical (unpaired) electrons. The molecule has 0 aliphatic carbocycles. The first-order valence-corrected chi connectivity index (χ1v) is 6.24. The predicted octanol–water partition coefficient (Wildman–Crippen LogP) is 1.30. The Labute approximate surface area is 120 Å². The molecular formula is C13H16FN3O4. The van der Waals surface area contributed by atoms with Gasteiger partial charge in [0.25, 0.3) is 11.6 Å². The van der Waals surface area contributed by atoms with E-state index in [0.717, 1.165) is 12.1 Å².